The molecule has 3 rings (SSSR count). The van der Waals surface area contributed by atoms with E-state index in [9.17, 15) is 0 Å². The van der Waals surface area contributed by atoms with E-state index >= 15 is 0 Å². The first-order chi connectivity index (χ1) is 8.92. The lowest BCUT2D eigenvalue weighted by Crippen LogP contribution is -2.13. The summed E-state index contributed by atoms with van der Waals surface area (Å²) in [4.78, 5) is 8.79. The molecule has 18 heavy (non-hydrogen) atoms. The molecule has 0 aliphatic carbocycles. The van der Waals surface area contributed by atoms with Crippen LogP contribution in [0.1, 0.15) is 11.4 Å². The van der Waals surface area contributed by atoms with E-state index in [2.05, 4.69) is 15.3 Å². The molecular formula is C14H14N4. The molecule has 0 aliphatic heterocycles. The smallest absolute Gasteiger partial charge is 0.137 e. The second-order valence-electron chi connectivity index (χ2n) is 4.12. The van der Waals surface area contributed by atoms with Gasteiger partial charge < -0.3 is 9.72 Å². The van der Waals surface area contributed by atoms with E-state index in [4.69, 9.17) is 0 Å². The van der Waals surface area contributed by atoms with Crippen LogP contribution in [0, 0.1) is 0 Å². The molecule has 3 heterocycles. The minimum atomic E-state index is 0.748. The van der Waals surface area contributed by atoms with E-state index < -0.39 is 0 Å². The highest BCUT2D eigenvalue weighted by molar-refractivity contribution is 5.39. The van der Waals surface area contributed by atoms with Crippen LogP contribution < -0.4 is 5.32 Å². The Morgan fingerprint density at radius 3 is 2.72 bits per heavy atom. The van der Waals surface area contributed by atoms with Crippen LogP contribution in [0.5, 0.6) is 0 Å². The highest BCUT2D eigenvalue weighted by Crippen LogP contribution is 2.04. The maximum absolute atomic E-state index is 4.52. The normalized spacial score (nSPS) is 10.9. The number of imidazole rings is 1. The van der Waals surface area contributed by atoms with Crippen LogP contribution in [0.4, 0.5) is 0 Å². The molecule has 0 atom stereocenters. The number of hydrogen-bond donors (Lipinski definition) is 1. The van der Waals surface area contributed by atoms with Gasteiger partial charge in [0.15, 0.2) is 0 Å². The number of hydrogen-bond acceptors (Lipinski definition) is 3. The van der Waals surface area contributed by atoms with Crippen LogP contribution in [-0.4, -0.2) is 14.4 Å². The van der Waals surface area contributed by atoms with Crippen molar-refractivity contribution in [3.8, 4) is 0 Å². The fourth-order valence-electron chi connectivity index (χ4n) is 1.89. The Kier molecular flexibility index (Phi) is 3.02. The summed E-state index contributed by atoms with van der Waals surface area (Å²) >= 11 is 0. The summed E-state index contributed by atoms with van der Waals surface area (Å²) in [5.74, 6) is 0. The van der Waals surface area contributed by atoms with Crippen LogP contribution in [-0.2, 0) is 13.1 Å². The first-order valence-corrected chi connectivity index (χ1v) is 5.95. The van der Waals surface area contributed by atoms with Crippen molar-refractivity contribution in [2.24, 2.45) is 0 Å². The summed E-state index contributed by atoms with van der Waals surface area (Å²) in [5, 5.41) is 3.34. The fraction of sp³-hybridized carbons (Fsp3) is 0.143. The standard InChI is InChI=1S/C14H14N4/c1-3-7-16-12(5-1)9-15-10-13-11-18-8-4-2-6-14(18)17-13/h1-8,11,15H,9-10H2. The average molecular weight is 238 g/mol. The first-order valence-electron chi connectivity index (χ1n) is 5.95. The van der Waals surface area contributed by atoms with Crippen molar-refractivity contribution in [1.29, 1.82) is 0 Å². The van der Waals surface area contributed by atoms with Gasteiger partial charge >= 0.3 is 0 Å². The molecule has 0 spiro atoms. The van der Waals surface area contributed by atoms with Gasteiger partial charge in [-0.2, -0.15) is 0 Å². The van der Waals surface area contributed by atoms with Gasteiger partial charge in [-0.25, -0.2) is 4.98 Å². The first kappa shape index (κ1) is 10.9. The summed E-state index contributed by atoms with van der Waals surface area (Å²) < 4.78 is 2.03. The largest absolute Gasteiger partial charge is 0.307 e. The Labute approximate surface area is 105 Å². The maximum Gasteiger partial charge on any atom is 0.137 e. The van der Waals surface area contributed by atoms with Crippen molar-refractivity contribution in [2.75, 3.05) is 0 Å². The summed E-state index contributed by atoms with van der Waals surface area (Å²) in [6.07, 6.45) is 5.85. The second-order valence-corrected chi connectivity index (χ2v) is 4.12. The van der Waals surface area contributed by atoms with Gasteiger partial charge in [0.25, 0.3) is 0 Å². The van der Waals surface area contributed by atoms with E-state index in [0.717, 1.165) is 30.1 Å². The Balaban J connectivity index is 1.63. The molecule has 0 aliphatic rings. The second kappa shape index (κ2) is 4.98. The number of fused-ring (bicyclic) bond motifs is 1. The van der Waals surface area contributed by atoms with Crippen molar-refractivity contribution in [3.05, 3.63) is 66.4 Å². The molecule has 4 nitrogen and oxygen atoms in total. The fourth-order valence-corrected chi connectivity index (χ4v) is 1.89. The molecule has 0 saturated carbocycles. The number of aromatic nitrogens is 3. The maximum atomic E-state index is 4.52. The molecule has 0 unspecified atom stereocenters. The molecule has 0 bridgehead atoms. The van der Waals surface area contributed by atoms with Gasteiger partial charge in [-0.05, 0) is 24.3 Å². The molecule has 0 radical (unpaired) electrons. The van der Waals surface area contributed by atoms with Crippen LogP contribution >= 0.6 is 0 Å². The third-order valence-corrected chi connectivity index (χ3v) is 2.75. The predicted molar refractivity (Wildman–Crippen MR) is 70.0 cm³/mol. The lowest BCUT2D eigenvalue weighted by molar-refractivity contribution is 0.670. The highest BCUT2D eigenvalue weighted by atomic mass is 15.0. The SMILES string of the molecule is c1ccc(CNCc2cn3ccccc3n2)nc1. The van der Waals surface area contributed by atoms with E-state index in [-0.39, 0.29) is 0 Å². The third kappa shape index (κ3) is 2.38. The van der Waals surface area contributed by atoms with Crippen LogP contribution in [0.3, 0.4) is 0 Å². The van der Waals surface area contributed by atoms with Crippen molar-refractivity contribution < 1.29 is 0 Å². The molecule has 90 valence electrons. The third-order valence-electron chi connectivity index (χ3n) is 2.75. The van der Waals surface area contributed by atoms with Gasteiger partial charge in [0.2, 0.25) is 0 Å². The van der Waals surface area contributed by atoms with E-state index in [0.29, 0.717) is 0 Å². The molecule has 0 aromatic carbocycles. The van der Waals surface area contributed by atoms with Gasteiger partial charge in [0.05, 0.1) is 11.4 Å². The lowest BCUT2D eigenvalue weighted by Gasteiger charge is -2.01. The number of nitrogens with one attached hydrogen (secondary N) is 1. The summed E-state index contributed by atoms with van der Waals surface area (Å²) in [5.41, 5.74) is 3.06. The molecule has 1 N–H and O–H groups in total. The Hall–Kier alpha value is -2.20. The lowest BCUT2D eigenvalue weighted by atomic mass is 10.3. The van der Waals surface area contributed by atoms with E-state index in [1.54, 1.807) is 0 Å². The van der Waals surface area contributed by atoms with Crippen molar-refractivity contribution in [1.82, 2.24) is 19.7 Å². The van der Waals surface area contributed by atoms with Crippen molar-refractivity contribution >= 4 is 5.65 Å². The van der Waals surface area contributed by atoms with Crippen LogP contribution in [0.25, 0.3) is 5.65 Å². The molecule has 0 fully saturated rings. The van der Waals surface area contributed by atoms with Gasteiger partial charge in [0.1, 0.15) is 5.65 Å². The average Bonchev–Trinajstić information content (AvgIpc) is 2.82. The predicted octanol–water partition coefficient (Wildman–Crippen LogP) is 2.02. The van der Waals surface area contributed by atoms with Crippen molar-refractivity contribution in [2.45, 2.75) is 13.1 Å². The van der Waals surface area contributed by atoms with Gasteiger partial charge in [-0.1, -0.05) is 12.1 Å². The van der Waals surface area contributed by atoms with E-state index in [1.807, 2.05) is 59.4 Å². The van der Waals surface area contributed by atoms with Gasteiger partial charge in [-0.3, -0.25) is 4.98 Å². The molecule has 3 aromatic heterocycles. The Bertz CT molecular complexity index is 597. The Morgan fingerprint density at radius 2 is 1.89 bits per heavy atom. The zero-order valence-electron chi connectivity index (χ0n) is 9.95. The van der Waals surface area contributed by atoms with E-state index in [1.165, 1.54) is 0 Å². The summed E-state index contributed by atoms with van der Waals surface area (Å²) in [6, 6.07) is 11.9. The topological polar surface area (TPSA) is 42.2 Å². The van der Waals surface area contributed by atoms with Crippen LogP contribution in [0.15, 0.2) is 55.0 Å². The molecule has 0 amide bonds. The Morgan fingerprint density at radius 1 is 1.00 bits per heavy atom. The summed E-state index contributed by atoms with van der Waals surface area (Å²) in [6.45, 7) is 1.51. The molecule has 4 heteroatoms. The van der Waals surface area contributed by atoms with Gasteiger partial charge in [-0.15, -0.1) is 0 Å². The van der Waals surface area contributed by atoms with Gasteiger partial charge in [0, 0.05) is 31.7 Å². The quantitative estimate of drug-likeness (QED) is 0.756. The molecule has 3 aromatic rings. The molecule has 0 saturated heterocycles. The monoisotopic (exact) mass is 238 g/mol. The zero-order valence-corrected chi connectivity index (χ0v) is 9.95. The number of pyridine rings is 2. The van der Waals surface area contributed by atoms with Crippen LogP contribution in [0.2, 0.25) is 0 Å². The van der Waals surface area contributed by atoms with Crippen molar-refractivity contribution in [3.63, 3.8) is 0 Å². The minimum Gasteiger partial charge on any atom is -0.307 e. The number of nitrogens with zero attached hydrogens (tertiary/aromatic N) is 3. The minimum absolute atomic E-state index is 0.748. The highest BCUT2D eigenvalue weighted by Gasteiger charge is 2.00. The zero-order chi connectivity index (χ0) is 12.2. The molecular weight excluding hydrogens is 224 g/mol. The number of rotatable bonds is 4. The summed E-state index contributed by atoms with van der Waals surface area (Å²) in [7, 11) is 0.